The summed E-state index contributed by atoms with van der Waals surface area (Å²) in [6.07, 6.45) is 3.92. The minimum absolute atomic E-state index is 0.0175. The second-order valence-corrected chi connectivity index (χ2v) is 8.79. The van der Waals surface area contributed by atoms with Crippen LogP contribution < -0.4 is 4.90 Å². The smallest absolute Gasteiger partial charge is 0.411 e. The number of hydrogen-bond donors (Lipinski definition) is 1. The average Bonchev–Trinajstić information content (AvgIpc) is 3.53. The van der Waals surface area contributed by atoms with E-state index in [0.717, 1.165) is 43.4 Å². The zero-order valence-electron chi connectivity index (χ0n) is 17.7. The molecule has 7 heteroatoms. The molecule has 0 unspecified atom stereocenters. The number of rotatable bonds is 5. The highest BCUT2D eigenvalue weighted by molar-refractivity contribution is 6.07. The number of fused-ring (bicyclic) bond motifs is 2. The Morgan fingerprint density at radius 2 is 1.69 bits per heavy atom. The van der Waals surface area contributed by atoms with Crippen LogP contribution >= 0.6 is 0 Å². The van der Waals surface area contributed by atoms with E-state index in [1.165, 1.54) is 0 Å². The van der Waals surface area contributed by atoms with E-state index in [4.69, 9.17) is 9.84 Å². The molecule has 3 atom stereocenters. The van der Waals surface area contributed by atoms with Crippen molar-refractivity contribution >= 4 is 23.7 Å². The summed E-state index contributed by atoms with van der Waals surface area (Å²) < 4.78 is 5.13. The fraction of sp³-hybridized carbons (Fsp3) is 0.400. The molecule has 1 N–H and O–H groups in total. The number of para-hydroxylation sites is 1. The summed E-state index contributed by atoms with van der Waals surface area (Å²) in [7, 11) is 0. The standard InChI is InChI=1S/C25H26N2O5/c28-22(29)15-32-25(31)26(17-13-14-17)23-18-9-4-5-11-20(18)27(21-12-6-10-19(21)23)24(30)16-7-2-1-3-8-16/h1-5,7-9,11,17,19,21,23H,6,10,12-15H2,(H,28,29)/t19-,21+,23-/m0/s1. The van der Waals surface area contributed by atoms with Gasteiger partial charge < -0.3 is 14.7 Å². The first kappa shape index (κ1) is 20.5. The summed E-state index contributed by atoms with van der Waals surface area (Å²) >= 11 is 0. The van der Waals surface area contributed by atoms with Gasteiger partial charge in [-0.05, 0) is 49.4 Å². The van der Waals surface area contributed by atoms with E-state index in [1.807, 2.05) is 59.5 Å². The van der Waals surface area contributed by atoms with Crippen molar-refractivity contribution < 1.29 is 24.2 Å². The molecule has 1 heterocycles. The number of carboxylic acids is 1. The van der Waals surface area contributed by atoms with Crippen LogP contribution in [0, 0.1) is 5.92 Å². The Bertz CT molecular complexity index is 1040. The second-order valence-electron chi connectivity index (χ2n) is 8.79. The molecule has 2 aromatic rings. The first-order valence-corrected chi connectivity index (χ1v) is 11.2. The Morgan fingerprint density at radius 3 is 2.41 bits per heavy atom. The number of benzene rings is 2. The van der Waals surface area contributed by atoms with E-state index < -0.39 is 18.7 Å². The van der Waals surface area contributed by atoms with Crippen LogP contribution in [-0.4, -0.2) is 46.7 Å². The number of aliphatic carboxylic acids is 1. The van der Waals surface area contributed by atoms with E-state index in [0.29, 0.717) is 5.56 Å². The van der Waals surface area contributed by atoms with Gasteiger partial charge >= 0.3 is 12.1 Å². The van der Waals surface area contributed by atoms with Gasteiger partial charge in [0.05, 0.1) is 6.04 Å². The average molecular weight is 434 g/mol. The number of ether oxygens (including phenoxy) is 1. The molecule has 1 aliphatic heterocycles. The summed E-state index contributed by atoms with van der Waals surface area (Å²) in [5, 5.41) is 8.98. The van der Waals surface area contributed by atoms with Crippen molar-refractivity contribution in [3.8, 4) is 0 Å². The lowest BCUT2D eigenvalue weighted by atomic mass is 9.81. The molecule has 32 heavy (non-hydrogen) atoms. The number of carboxylic acid groups (broad SMARTS) is 1. The van der Waals surface area contributed by atoms with Gasteiger partial charge in [-0.3, -0.25) is 9.69 Å². The topological polar surface area (TPSA) is 87.2 Å². The van der Waals surface area contributed by atoms with Crippen LogP contribution in [0.2, 0.25) is 0 Å². The summed E-state index contributed by atoms with van der Waals surface area (Å²) in [6.45, 7) is -0.650. The van der Waals surface area contributed by atoms with E-state index >= 15 is 0 Å². The van der Waals surface area contributed by atoms with Crippen LogP contribution in [0.15, 0.2) is 54.6 Å². The maximum absolute atomic E-state index is 13.6. The van der Waals surface area contributed by atoms with Crippen molar-refractivity contribution in [3.05, 3.63) is 65.7 Å². The SMILES string of the molecule is O=C(O)COC(=O)N(C1CC1)[C@H]1c2ccccc2N(C(=O)c2ccccc2)[C@@H]2CCC[C@@H]21. The first-order valence-electron chi connectivity index (χ1n) is 11.2. The summed E-state index contributed by atoms with van der Waals surface area (Å²) in [5.41, 5.74) is 2.40. The van der Waals surface area contributed by atoms with E-state index in [1.54, 1.807) is 4.90 Å². The lowest BCUT2D eigenvalue weighted by Crippen LogP contribution is -2.53. The monoisotopic (exact) mass is 434 g/mol. The van der Waals surface area contributed by atoms with Gasteiger partial charge in [0, 0.05) is 29.3 Å². The lowest BCUT2D eigenvalue weighted by Gasteiger charge is -2.47. The minimum Gasteiger partial charge on any atom is -0.479 e. The minimum atomic E-state index is -1.17. The van der Waals surface area contributed by atoms with Gasteiger partial charge in [0.25, 0.3) is 5.91 Å². The van der Waals surface area contributed by atoms with Gasteiger partial charge in [0.1, 0.15) is 0 Å². The number of hydrogen-bond acceptors (Lipinski definition) is 4. The van der Waals surface area contributed by atoms with Crippen LogP contribution in [0.25, 0.3) is 0 Å². The zero-order valence-corrected chi connectivity index (χ0v) is 17.7. The maximum atomic E-state index is 13.6. The third kappa shape index (κ3) is 3.61. The molecule has 2 amide bonds. The Morgan fingerprint density at radius 1 is 0.969 bits per heavy atom. The molecule has 166 valence electrons. The predicted molar refractivity (Wildman–Crippen MR) is 117 cm³/mol. The Hall–Kier alpha value is -3.35. The van der Waals surface area contributed by atoms with Gasteiger partial charge in [-0.15, -0.1) is 0 Å². The molecule has 0 spiro atoms. The fourth-order valence-electron chi connectivity index (χ4n) is 5.40. The van der Waals surface area contributed by atoms with E-state index in [2.05, 4.69) is 0 Å². The molecule has 7 nitrogen and oxygen atoms in total. The summed E-state index contributed by atoms with van der Waals surface area (Å²) in [4.78, 5) is 41.3. The zero-order chi connectivity index (χ0) is 22.2. The third-order valence-corrected chi connectivity index (χ3v) is 6.79. The Labute approximate surface area is 186 Å². The van der Waals surface area contributed by atoms with Crippen molar-refractivity contribution in [1.29, 1.82) is 0 Å². The Balaban J connectivity index is 1.56. The van der Waals surface area contributed by atoms with Crippen molar-refractivity contribution in [3.63, 3.8) is 0 Å². The molecule has 3 aliphatic rings. The normalized spacial score (nSPS) is 23.8. The third-order valence-electron chi connectivity index (χ3n) is 6.79. The van der Waals surface area contributed by atoms with Crippen LogP contribution in [-0.2, 0) is 9.53 Å². The molecule has 0 radical (unpaired) electrons. The van der Waals surface area contributed by atoms with Crippen LogP contribution in [0.5, 0.6) is 0 Å². The van der Waals surface area contributed by atoms with Crippen LogP contribution in [0.3, 0.4) is 0 Å². The number of amides is 2. The summed E-state index contributed by atoms with van der Waals surface area (Å²) in [5.74, 6) is -1.12. The molecular formula is C25H26N2O5. The van der Waals surface area contributed by atoms with Crippen molar-refractivity contribution in [2.24, 2.45) is 5.92 Å². The van der Waals surface area contributed by atoms with Gasteiger partial charge in [-0.2, -0.15) is 0 Å². The van der Waals surface area contributed by atoms with Crippen molar-refractivity contribution in [1.82, 2.24) is 4.90 Å². The quantitative estimate of drug-likeness (QED) is 0.761. The van der Waals surface area contributed by atoms with Crippen LogP contribution in [0.4, 0.5) is 10.5 Å². The lowest BCUT2D eigenvalue weighted by molar-refractivity contribution is -0.140. The van der Waals surface area contributed by atoms with E-state index in [9.17, 15) is 14.4 Å². The number of anilines is 1. The molecule has 2 aromatic carbocycles. The maximum Gasteiger partial charge on any atom is 0.411 e. The second kappa shape index (κ2) is 8.30. The van der Waals surface area contributed by atoms with Gasteiger partial charge in [-0.25, -0.2) is 9.59 Å². The van der Waals surface area contributed by atoms with Gasteiger partial charge in [0.15, 0.2) is 6.61 Å². The van der Waals surface area contributed by atoms with Gasteiger partial charge in [-0.1, -0.05) is 42.8 Å². The van der Waals surface area contributed by atoms with Gasteiger partial charge in [0.2, 0.25) is 0 Å². The molecule has 2 fully saturated rings. The molecule has 5 rings (SSSR count). The molecule has 0 saturated heterocycles. The van der Waals surface area contributed by atoms with E-state index in [-0.39, 0.29) is 30.0 Å². The highest BCUT2D eigenvalue weighted by Gasteiger charge is 2.52. The largest absolute Gasteiger partial charge is 0.479 e. The number of carbonyl (C=O) groups is 3. The molecule has 2 saturated carbocycles. The highest BCUT2D eigenvalue weighted by Crippen LogP contribution is 2.52. The summed E-state index contributed by atoms with van der Waals surface area (Å²) in [6, 6.07) is 16.9. The molecule has 0 bridgehead atoms. The predicted octanol–water partition coefficient (Wildman–Crippen LogP) is 4.24. The number of carbonyl (C=O) groups excluding carboxylic acids is 2. The fourth-order valence-corrected chi connectivity index (χ4v) is 5.40. The molecule has 2 aliphatic carbocycles. The first-order chi connectivity index (χ1) is 15.6. The van der Waals surface area contributed by atoms with Crippen molar-refractivity contribution in [2.75, 3.05) is 11.5 Å². The molecule has 0 aromatic heterocycles. The van der Waals surface area contributed by atoms with Crippen LogP contribution in [0.1, 0.15) is 54.1 Å². The highest BCUT2D eigenvalue weighted by atomic mass is 16.6. The Kier molecular flexibility index (Phi) is 5.33. The molecular weight excluding hydrogens is 408 g/mol. The van der Waals surface area contributed by atoms with Crippen molar-refractivity contribution in [2.45, 2.75) is 50.2 Å². The number of nitrogens with zero attached hydrogens (tertiary/aromatic N) is 2.